The SMILES string of the molecule is CCCNC(=O)C(Cc1ccccc1)N(Cc1ccc(F)cc1)C(=O)COc1cccc2ccccc12. The van der Waals surface area contributed by atoms with E-state index in [1.54, 1.807) is 12.1 Å². The van der Waals surface area contributed by atoms with Crippen LogP contribution in [-0.2, 0) is 22.6 Å². The second-order valence-corrected chi connectivity index (χ2v) is 8.91. The Morgan fingerprint density at radius 1 is 0.865 bits per heavy atom. The maximum Gasteiger partial charge on any atom is 0.261 e. The van der Waals surface area contributed by atoms with Crippen LogP contribution in [0.5, 0.6) is 5.75 Å². The molecule has 2 amide bonds. The van der Waals surface area contributed by atoms with Crippen molar-refractivity contribution in [1.29, 1.82) is 0 Å². The average Bonchev–Trinajstić information content (AvgIpc) is 2.93. The van der Waals surface area contributed by atoms with Gasteiger partial charge in [0.2, 0.25) is 5.91 Å². The van der Waals surface area contributed by atoms with Crippen molar-refractivity contribution in [2.45, 2.75) is 32.4 Å². The van der Waals surface area contributed by atoms with Gasteiger partial charge in [-0.25, -0.2) is 4.39 Å². The summed E-state index contributed by atoms with van der Waals surface area (Å²) in [6.45, 7) is 2.40. The van der Waals surface area contributed by atoms with Crippen LogP contribution in [0.25, 0.3) is 10.8 Å². The fraction of sp³-hybridized carbons (Fsp3) is 0.226. The van der Waals surface area contributed by atoms with Crippen LogP contribution in [-0.4, -0.2) is 35.9 Å². The second-order valence-electron chi connectivity index (χ2n) is 8.91. The molecular formula is C31H31FN2O3. The van der Waals surface area contributed by atoms with Gasteiger partial charge in [0.05, 0.1) is 0 Å². The number of nitrogens with zero attached hydrogens (tertiary/aromatic N) is 1. The van der Waals surface area contributed by atoms with E-state index in [-0.39, 0.29) is 30.8 Å². The van der Waals surface area contributed by atoms with Gasteiger partial charge >= 0.3 is 0 Å². The van der Waals surface area contributed by atoms with Crippen molar-refractivity contribution in [3.63, 3.8) is 0 Å². The fourth-order valence-electron chi connectivity index (χ4n) is 4.25. The molecule has 1 unspecified atom stereocenters. The van der Waals surface area contributed by atoms with Gasteiger partial charge in [0.1, 0.15) is 17.6 Å². The molecule has 0 fully saturated rings. The number of hydrogen-bond acceptors (Lipinski definition) is 3. The molecule has 6 heteroatoms. The topological polar surface area (TPSA) is 58.6 Å². The third-order valence-corrected chi connectivity index (χ3v) is 6.19. The first-order valence-electron chi connectivity index (χ1n) is 12.5. The summed E-state index contributed by atoms with van der Waals surface area (Å²) in [5, 5.41) is 4.86. The van der Waals surface area contributed by atoms with E-state index < -0.39 is 6.04 Å². The van der Waals surface area contributed by atoms with Gasteiger partial charge in [0.15, 0.2) is 6.61 Å². The van der Waals surface area contributed by atoms with Crippen molar-refractivity contribution >= 4 is 22.6 Å². The van der Waals surface area contributed by atoms with Crippen LogP contribution in [0, 0.1) is 5.82 Å². The molecule has 37 heavy (non-hydrogen) atoms. The molecule has 4 aromatic rings. The molecule has 1 atom stereocenters. The highest BCUT2D eigenvalue weighted by Gasteiger charge is 2.30. The summed E-state index contributed by atoms with van der Waals surface area (Å²) < 4.78 is 19.6. The van der Waals surface area contributed by atoms with E-state index in [9.17, 15) is 14.0 Å². The molecule has 0 bridgehead atoms. The van der Waals surface area contributed by atoms with E-state index in [4.69, 9.17) is 4.74 Å². The minimum atomic E-state index is -0.761. The summed E-state index contributed by atoms with van der Waals surface area (Å²) in [4.78, 5) is 28.6. The van der Waals surface area contributed by atoms with Gasteiger partial charge in [-0.15, -0.1) is 0 Å². The number of nitrogens with one attached hydrogen (secondary N) is 1. The molecule has 0 aliphatic rings. The molecule has 0 heterocycles. The molecule has 0 radical (unpaired) electrons. The molecule has 0 aliphatic carbocycles. The smallest absolute Gasteiger partial charge is 0.261 e. The Morgan fingerprint density at radius 2 is 1.57 bits per heavy atom. The van der Waals surface area contributed by atoms with Crippen molar-refractivity contribution in [2.24, 2.45) is 0 Å². The number of rotatable bonds is 11. The summed E-state index contributed by atoms with van der Waals surface area (Å²) in [6.07, 6.45) is 1.12. The molecule has 4 rings (SSSR count). The summed E-state index contributed by atoms with van der Waals surface area (Å²) in [5.74, 6) is -0.318. The third-order valence-electron chi connectivity index (χ3n) is 6.19. The zero-order valence-corrected chi connectivity index (χ0v) is 20.9. The highest BCUT2D eigenvalue weighted by Crippen LogP contribution is 2.25. The first-order valence-corrected chi connectivity index (χ1v) is 12.5. The van der Waals surface area contributed by atoms with Crippen molar-refractivity contribution < 1.29 is 18.7 Å². The molecule has 1 N–H and O–H groups in total. The summed E-state index contributed by atoms with van der Waals surface area (Å²) >= 11 is 0. The quantitative estimate of drug-likeness (QED) is 0.296. The van der Waals surface area contributed by atoms with Crippen LogP contribution in [0.4, 0.5) is 4.39 Å². The molecule has 4 aromatic carbocycles. The van der Waals surface area contributed by atoms with E-state index in [1.165, 1.54) is 17.0 Å². The Labute approximate surface area is 216 Å². The largest absolute Gasteiger partial charge is 0.483 e. The lowest BCUT2D eigenvalue weighted by Gasteiger charge is -2.31. The zero-order valence-electron chi connectivity index (χ0n) is 20.9. The Hall–Kier alpha value is -4.19. The Balaban J connectivity index is 1.62. The molecule has 190 valence electrons. The van der Waals surface area contributed by atoms with Gasteiger partial charge in [-0.3, -0.25) is 9.59 Å². The standard InChI is InChI=1S/C31H31FN2O3/c1-2-19-33-31(36)28(20-23-9-4-3-5-10-23)34(21-24-15-17-26(32)18-16-24)30(35)22-37-29-14-8-12-25-11-6-7-13-27(25)29/h3-18,28H,2,19-22H2,1H3,(H,33,36). The third kappa shape index (κ3) is 6.94. The lowest BCUT2D eigenvalue weighted by molar-refractivity contribution is -0.142. The first-order chi connectivity index (χ1) is 18.0. The van der Waals surface area contributed by atoms with Gasteiger partial charge in [0, 0.05) is 24.9 Å². The predicted molar refractivity (Wildman–Crippen MR) is 144 cm³/mol. The molecule has 0 aliphatic heterocycles. The van der Waals surface area contributed by atoms with Crippen LogP contribution < -0.4 is 10.1 Å². The molecule has 0 aromatic heterocycles. The number of carbonyl (C=O) groups excluding carboxylic acids is 2. The Bertz CT molecular complexity index is 1320. The highest BCUT2D eigenvalue weighted by atomic mass is 19.1. The van der Waals surface area contributed by atoms with Crippen LogP contribution in [0.3, 0.4) is 0 Å². The zero-order chi connectivity index (χ0) is 26.0. The van der Waals surface area contributed by atoms with E-state index in [0.717, 1.165) is 28.3 Å². The molecule has 5 nitrogen and oxygen atoms in total. The Morgan fingerprint density at radius 3 is 2.32 bits per heavy atom. The minimum Gasteiger partial charge on any atom is -0.483 e. The molecule has 0 saturated carbocycles. The van der Waals surface area contributed by atoms with E-state index in [1.807, 2.05) is 79.7 Å². The van der Waals surface area contributed by atoms with Crippen molar-refractivity contribution in [3.8, 4) is 5.75 Å². The maximum absolute atomic E-state index is 13.7. The van der Waals surface area contributed by atoms with Gasteiger partial charge in [-0.05, 0) is 41.1 Å². The van der Waals surface area contributed by atoms with Gasteiger partial charge in [-0.2, -0.15) is 0 Å². The van der Waals surface area contributed by atoms with Crippen molar-refractivity contribution in [1.82, 2.24) is 10.2 Å². The van der Waals surface area contributed by atoms with Crippen LogP contribution in [0.1, 0.15) is 24.5 Å². The van der Waals surface area contributed by atoms with Crippen LogP contribution >= 0.6 is 0 Å². The van der Waals surface area contributed by atoms with Gasteiger partial charge in [0.25, 0.3) is 5.91 Å². The van der Waals surface area contributed by atoms with Crippen LogP contribution in [0.15, 0.2) is 97.1 Å². The normalized spacial score (nSPS) is 11.6. The van der Waals surface area contributed by atoms with Crippen molar-refractivity contribution in [2.75, 3.05) is 13.2 Å². The van der Waals surface area contributed by atoms with E-state index >= 15 is 0 Å². The second kappa shape index (κ2) is 12.7. The summed E-state index contributed by atoms with van der Waals surface area (Å²) in [5.41, 5.74) is 1.66. The lowest BCUT2D eigenvalue weighted by atomic mass is 10.0. The highest BCUT2D eigenvalue weighted by molar-refractivity contribution is 5.90. The minimum absolute atomic E-state index is 0.148. The molecule has 0 spiro atoms. The average molecular weight is 499 g/mol. The van der Waals surface area contributed by atoms with E-state index in [0.29, 0.717) is 18.7 Å². The predicted octanol–water partition coefficient (Wildman–Crippen LogP) is 5.52. The van der Waals surface area contributed by atoms with E-state index in [2.05, 4.69) is 5.32 Å². The number of benzene rings is 4. The summed E-state index contributed by atoms with van der Waals surface area (Å²) in [7, 11) is 0. The number of carbonyl (C=O) groups is 2. The maximum atomic E-state index is 13.7. The number of hydrogen-bond donors (Lipinski definition) is 1. The molecular weight excluding hydrogens is 467 g/mol. The summed E-state index contributed by atoms with van der Waals surface area (Å²) in [6, 6.07) is 28.3. The fourth-order valence-corrected chi connectivity index (χ4v) is 4.25. The molecule has 0 saturated heterocycles. The number of fused-ring (bicyclic) bond motifs is 1. The number of amides is 2. The van der Waals surface area contributed by atoms with Gasteiger partial charge in [-0.1, -0.05) is 85.8 Å². The first kappa shape index (κ1) is 25.9. The number of halogens is 1. The Kier molecular flexibility index (Phi) is 8.87. The van der Waals surface area contributed by atoms with Crippen LogP contribution in [0.2, 0.25) is 0 Å². The number of ether oxygens (including phenoxy) is 1. The monoisotopic (exact) mass is 498 g/mol. The van der Waals surface area contributed by atoms with Gasteiger partial charge < -0.3 is 15.0 Å². The van der Waals surface area contributed by atoms with Crippen molar-refractivity contribution in [3.05, 3.63) is 114 Å². The lowest BCUT2D eigenvalue weighted by Crippen LogP contribution is -2.51.